The molecule has 4 nitrogen and oxygen atoms in total. The molecular formula is C10H7ClF3N3O. The van der Waals surface area contributed by atoms with Gasteiger partial charge in [0.15, 0.2) is 5.82 Å². The molecule has 0 atom stereocenters. The Morgan fingerprint density at radius 3 is 2.61 bits per heavy atom. The van der Waals surface area contributed by atoms with Crippen LogP contribution in [-0.4, -0.2) is 17.0 Å². The van der Waals surface area contributed by atoms with Gasteiger partial charge in [-0.3, -0.25) is 4.79 Å². The van der Waals surface area contributed by atoms with E-state index in [0.29, 0.717) is 0 Å². The molecule has 0 saturated carbocycles. The number of rotatable bonds is 1. The van der Waals surface area contributed by atoms with E-state index in [4.69, 9.17) is 11.6 Å². The minimum absolute atomic E-state index is 0.0123. The van der Waals surface area contributed by atoms with Crippen molar-refractivity contribution in [3.63, 3.8) is 0 Å². The maximum Gasteiger partial charge on any atom is 0.417 e. The van der Waals surface area contributed by atoms with Gasteiger partial charge in [0, 0.05) is 7.05 Å². The number of nitrogens with zero attached hydrogens (tertiary/aromatic N) is 1. The smallest absolute Gasteiger partial charge is 0.369 e. The predicted molar refractivity (Wildman–Crippen MR) is 61.9 cm³/mol. The van der Waals surface area contributed by atoms with Crippen molar-refractivity contribution in [2.24, 2.45) is 0 Å². The molecule has 2 N–H and O–H groups in total. The molecule has 1 aromatic heterocycles. The summed E-state index contributed by atoms with van der Waals surface area (Å²) < 4.78 is 37.8. The van der Waals surface area contributed by atoms with Crippen LogP contribution in [0.1, 0.15) is 5.56 Å². The Kier molecular flexibility index (Phi) is 2.94. The van der Waals surface area contributed by atoms with Crippen molar-refractivity contribution >= 4 is 28.5 Å². The van der Waals surface area contributed by atoms with Crippen molar-refractivity contribution in [1.29, 1.82) is 0 Å². The van der Waals surface area contributed by atoms with E-state index in [1.54, 1.807) is 0 Å². The number of halogens is 4. The lowest BCUT2D eigenvalue weighted by Crippen LogP contribution is -2.14. The van der Waals surface area contributed by atoms with Crippen LogP contribution in [0.5, 0.6) is 0 Å². The second kappa shape index (κ2) is 4.16. The standard InChI is InChI=1S/C10H7ClF3N3O/c1-15-8-9(18)17-6-2-4(10(12,13)14)5(11)3-7(6)16-8/h2-3H,1H3,(H,15,16)(H,17,18). The molecular weight excluding hydrogens is 271 g/mol. The number of hydrogen-bond acceptors (Lipinski definition) is 3. The van der Waals surface area contributed by atoms with E-state index in [1.807, 2.05) is 0 Å². The van der Waals surface area contributed by atoms with Crippen LogP contribution in [0.15, 0.2) is 16.9 Å². The van der Waals surface area contributed by atoms with Crippen LogP contribution in [0.2, 0.25) is 5.02 Å². The molecule has 0 saturated heterocycles. The molecule has 1 aromatic carbocycles. The molecule has 0 aliphatic carbocycles. The summed E-state index contributed by atoms with van der Waals surface area (Å²) in [5, 5.41) is 2.07. The minimum Gasteiger partial charge on any atom is -0.369 e. The van der Waals surface area contributed by atoms with E-state index >= 15 is 0 Å². The lowest BCUT2D eigenvalue weighted by atomic mass is 10.2. The maximum atomic E-state index is 12.6. The molecule has 8 heteroatoms. The molecule has 0 radical (unpaired) electrons. The molecule has 0 fully saturated rings. The first-order valence-electron chi connectivity index (χ1n) is 4.81. The second-order valence-corrected chi connectivity index (χ2v) is 3.92. The van der Waals surface area contributed by atoms with Crippen LogP contribution in [0.4, 0.5) is 19.0 Å². The first-order valence-corrected chi connectivity index (χ1v) is 5.19. The average Bonchev–Trinajstić information content (AvgIpc) is 2.26. The molecule has 2 rings (SSSR count). The zero-order valence-corrected chi connectivity index (χ0v) is 9.78. The summed E-state index contributed by atoms with van der Waals surface area (Å²) in [4.78, 5) is 17.6. The molecule has 0 aliphatic rings. The summed E-state index contributed by atoms with van der Waals surface area (Å²) in [5.41, 5.74) is -1.44. The first kappa shape index (κ1) is 12.7. The fraction of sp³-hybridized carbons (Fsp3) is 0.200. The Morgan fingerprint density at radius 1 is 1.39 bits per heavy atom. The predicted octanol–water partition coefficient (Wildman–Crippen LogP) is 2.64. The van der Waals surface area contributed by atoms with Crippen LogP contribution >= 0.6 is 11.6 Å². The third-order valence-corrected chi connectivity index (χ3v) is 2.64. The quantitative estimate of drug-likeness (QED) is 0.842. The number of benzene rings is 1. The van der Waals surface area contributed by atoms with Gasteiger partial charge >= 0.3 is 6.18 Å². The van der Waals surface area contributed by atoms with Gasteiger partial charge in [0.25, 0.3) is 5.56 Å². The van der Waals surface area contributed by atoms with Crippen molar-refractivity contribution in [2.45, 2.75) is 6.18 Å². The molecule has 1 heterocycles. The van der Waals surface area contributed by atoms with Crippen LogP contribution < -0.4 is 10.9 Å². The van der Waals surface area contributed by atoms with Crippen LogP contribution in [0, 0.1) is 0 Å². The van der Waals surface area contributed by atoms with Crippen molar-refractivity contribution in [3.8, 4) is 0 Å². The van der Waals surface area contributed by atoms with Gasteiger partial charge in [-0.15, -0.1) is 0 Å². The highest BCUT2D eigenvalue weighted by atomic mass is 35.5. The molecule has 0 amide bonds. The largest absolute Gasteiger partial charge is 0.417 e. The Labute approximate surface area is 104 Å². The van der Waals surface area contributed by atoms with Crippen molar-refractivity contribution in [1.82, 2.24) is 9.97 Å². The van der Waals surface area contributed by atoms with Gasteiger partial charge in [-0.05, 0) is 12.1 Å². The van der Waals surface area contributed by atoms with Crippen LogP contribution in [0.3, 0.4) is 0 Å². The summed E-state index contributed by atoms with van der Waals surface area (Å²) in [6, 6.07) is 1.84. The van der Waals surface area contributed by atoms with Gasteiger partial charge in [0.1, 0.15) is 0 Å². The van der Waals surface area contributed by atoms with E-state index in [1.165, 1.54) is 7.05 Å². The van der Waals surface area contributed by atoms with Crippen LogP contribution in [0.25, 0.3) is 11.0 Å². The summed E-state index contributed by atoms with van der Waals surface area (Å²) in [5.74, 6) is 0.0123. The number of fused-ring (bicyclic) bond motifs is 1. The molecule has 0 aliphatic heterocycles. The molecule has 0 bridgehead atoms. The van der Waals surface area contributed by atoms with Gasteiger partial charge < -0.3 is 10.3 Å². The third kappa shape index (κ3) is 2.13. The normalized spacial score (nSPS) is 11.8. The monoisotopic (exact) mass is 277 g/mol. The maximum absolute atomic E-state index is 12.6. The molecule has 2 aromatic rings. The Bertz CT molecular complexity index is 666. The highest BCUT2D eigenvalue weighted by Crippen LogP contribution is 2.36. The number of alkyl halides is 3. The Morgan fingerprint density at radius 2 is 2.06 bits per heavy atom. The van der Waals surface area contributed by atoms with Crippen molar-refractivity contribution in [3.05, 3.63) is 33.1 Å². The molecule has 0 spiro atoms. The van der Waals surface area contributed by atoms with Gasteiger partial charge in [-0.2, -0.15) is 13.2 Å². The van der Waals surface area contributed by atoms with E-state index in [-0.39, 0.29) is 16.9 Å². The lowest BCUT2D eigenvalue weighted by molar-refractivity contribution is -0.137. The van der Waals surface area contributed by atoms with E-state index in [9.17, 15) is 18.0 Å². The SMILES string of the molecule is CNc1nc2cc(Cl)c(C(F)(F)F)cc2[nH]c1=O. The number of aromatic amines is 1. The Balaban J connectivity index is 2.77. The first-order chi connectivity index (χ1) is 8.32. The van der Waals surface area contributed by atoms with Gasteiger partial charge in [0.2, 0.25) is 0 Å². The molecule has 0 unspecified atom stereocenters. The average molecular weight is 278 g/mol. The number of nitrogens with one attached hydrogen (secondary N) is 2. The Hall–Kier alpha value is -1.76. The highest BCUT2D eigenvalue weighted by molar-refractivity contribution is 6.32. The zero-order chi connectivity index (χ0) is 13.5. The molecule has 18 heavy (non-hydrogen) atoms. The fourth-order valence-electron chi connectivity index (χ4n) is 1.49. The van der Waals surface area contributed by atoms with Gasteiger partial charge in [0.05, 0.1) is 21.6 Å². The van der Waals surface area contributed by atoms with E-state index < -0.39 is 22.3 Å². The van der Waals surface area contributed by atoms with Crippen LogP contribution in [-0.2, 0) is 6.18 Å². The topological polar surface area (TPSA) is 57.8 Å². The van der Waals surface area contributed by atoms with Gasteiger partial charge in [-0.25, -0.2) is 4.98 Å². The molecule has 96 valence electrons. The minimum atomic E-state index is -4.58. The fourth-order valence-corrected chi connectivity index (χ4v) is 1.76. The van der Waals surface area contributed by atoms with E-state index in [2.05, 4.69) is 15.3 Å². The number of H-pyrrole nitrogens is 1. The summed E-state index contributed by atoms with van der Waals surface area (Å²) in [6.07, 6.45) is -4.58. The second-order valence-electron chi connectivity index (χ2n) is 3.51. The van der Waals surface area contributed by atoms with Crippen molar-refractivity contribution in [2.75, 3.05) is 12.4 Å². The summed E-state index contributed by atoms with van der Waals surface area (Å²) in [6.45, 7) is 0. The summed E-state index contributed by atoms with van der Waals surface area (Å²) >= 11 is 5.55. The van der Waals surface area contributed by atoms with Gasteiger partial charge in [-0.1, -0.05) is 11.6 Å². The third-order valence-electron chi connectivity index (χ3n) is 2.32. The number of hydrogen-bond donors (Lipinski definition) is 2. The van der Waals surface area contributed by atoms with E-state index in [0.717, 1.165) is 12.1 Å². The highest BCUT2D eigenvalue weighted by Gasteiger charge is 2.33. The zero-order valence-electron chi connectivity index (χ0n) is 9.02. The number of anilines is 1. The lowest BCUT2D eigenvalue weighted by Gasteiger charge is -2.10. The number of aromatic nitrogens is 2. The summed E-state index contributed by atoms with van der Waals surface area (Å²) in [7, 11) is 1.48. The van der Waals surface area contributed by atoms with Crippen molar-refractivity contribution < 1.29 is 13.2 Å².